The molecule has 0 saturated carbocycles. The van der Waals surface area contributed by atoms with Crippen LogP contribution in [0.5, 0.6) is 0 Å². The van der Waals surface area contributed by atoms with Gasteiger partial charge in [0, 0.05) is 32.2 Å². The van der Waals surface area contributed by atoms with E-state index < -0.39 is 0 Å². The molecule has 0 aliphatic rings. The highest BCUT2D eigenvalue weighted by molar-refractivity contribution is 6.30. The number of guanidine groups is 1. The number of hydrogen-bond donors (Lipinski definition) is 1. The molecular formula is C15H24ClN3. The van der Waals surface area contributed by atoms with Gasteiger partial charge in [-0.15, -0.1) is 0 Å². The van der Waals surface area contributed by atoms with Crippen LogP contribution in [0.25, 0.3) is 0 Å². The van der Waals surface area contributed by atoms with E-state index in [-0.39, 0.29) is 0 Å². The fraction of sp³-hybridized carbons (Fsp3) is 0.533. The van der Waals surface area contributed by atoms with E-state index in [9.17, 15) is 0 Å². The number of hydrogen-bond acceptors (Lipinski definition) is 1. The first-order valence-corrected chi connectivity index (χ1v) is 7.21. The van der Waals surface area contributed by atoms with Crippen LogP contribution in [0.2, 0.25) is 5.02 Å². The van der Waals surface area contributed by atoms with E-state index >= 15 is 0 Å². The molecule has 0 spiro atoms. The summed E-state index contributed by atoms with van der Waals surface area (Å²) in [5, 5.41) is 4.17. The van der Waals surface area contributed by atoms with Crippen LogP contribution >= 0.6 is 11.6 Å². The second-order valence-electron chi connectivity index (χ2n) is 4.63. The third kappa shape index (κ3) is 5.97. The van der Waals surface area contributed by atoms with Crippen molar-refractivity contribution in [3.8, 4) is 0 Å². The third-order valence-electron chi connectivity index (χ3n) is 3.01. The quantitative estimate of drug-likeness (QED) is 0.641. The molecule has 3 nitrogen and oxygen atoms in total. The average Bonchev–Trinajstić information content (AvgIpc) is 2.41. The summed E-state index contributed by atoms with van der Waals surface area (Å²) in [6.45, 7) is 4.10. The lowest BCUT2D eigenvalue weighted by atomic mass is 10.1. The molecule has 0 unspecified atom stereocenters. The Bertz CT molecular complexity index is 404. The largest absolute Gasteiger partial charge is 0.356 e. The van der Waals surface area contributed by atoms with Crippen LogP contribution in [0.3, 0.4) is 0 Å². The number of benzene rings is 1. The minimum absolute atomic E-state index is 0.793. The third-order valence-corrected chi connectivity index (χ3v) is 3.24. The number of nitrogens with one attached hydrogen (secondary N) is 1. The molecule has 0 amide bonds. The number of rotatable bonds is 6. The monoisotopic (exact) mass is 281 g/mol. The molecule has 1 N–H and O–H groups in total. The standard InChI is InChI=1S/C15H24ClN3/c1-4-5-11-19(3)15(17-2)18-10-9-13-7-6-8-14(16)12-13/h6-8,12H,4-5,9-11H2,1-3H3,(H,17,18). The highest BCUT2D eigenvalue weighted by Gasteiger charge is 2.04. The molecule has 1 rings (SSSR count). The van der Waals surface area contributed by atoms with Gasteiger partial charge in [-0.2, -0.15) is 0 Å². The van der Waals surface area contributed by atoms with Crippen molar-refractivity contribution in [2.24, 2.45) is 4.99 Å². The maximum Gasteiger partial charge on any atom is 0.193 e. The van der Waals surface area contributed by atoms with Crippen LogP contribution in [0.15, 0.2) is 29.3 Å². The van der Waals surface area contributed by atoms with Crippen molar-refractivity contribution in [2.75, 3.05) is 27.2 Å². The van der Waals surface area contributed by atoms with Crippen LogP contribution in [0, 0.1) is 0 Å². The molecule has 0 fully saturated rings. The van der Waals surface area contributed by atoms with E-state index in [1.54, 1.807) is 0 Å². The molecule has 0 aliphatic carbocycles. The highest BCUT2D eigenvalue weighted by Crippen LogP contribution is 2.10. The van der Waals surface area contributed by atoms with Crippen molar-refractivity contribution in [3.05, 3.63) is 34.9 Å². The molecule has 0 bridgehead atoms. The molecule has 1 aromatic rings. The zero-order valence-corrected chi connectivity index (χ0v) is 12.9. The van der Waals surface area contributed by atoms with Gasteiger partial charge in [0.15, 0.2) is 5.96 Å². The smallest absolute Gasteiger partial charge is 0.193 e. The van der Waals surface area contributed by atoms with Gasteiger partial charge in [-0.3, -0.25) is 4.99 Å². The average molecular weight is 282 g/mol. The first kappa shape index (κ1) is 15.8. The zero-order chi connectivity index (χ0) is 14.1. The Morgan fingerprint density at radius 2 is 2.21 bits per heavy atom. The number of unbranched alkanes of at least 4 members (excludes halogenated alkanes) is 1. The molecule has 0 saturated heterocycles. The van der Waals surface area contributed by atoms with Crippen molar-refractivity contribution in [2.45, 2.75) is 26.2 Å². The van der Waals surface area contributed by atoms with Crippen LogP contribution in [-0.2, 0) is 6.42 Å². The summed E-state index contributed by atoms with van der Waals surface area (Å²) in [5.41, 5.74) is 1.24. The van der Waals surface area contributed by atoms with Crippen LogP contribution in [0.4, 0.5) is 0 Å². The summed E-state index contributed by atoms with van der Waals surface area (Å²) in [4.78, 5) is 6.46. The minimum atomic E-state index is 0.793. The van der Waals surface area contributed by atoms with Crippen LogP contribution < -0.4 is 5.32 Å². The van der Waals surface area contributed by atoms with Gasteiger partial charge in [0.25, 0.3) is 0 Å². The lowest BCUT2D eigenvalue weighted by molar-refractivity contribution is 0.465. The van der Waals surface area contributed by atoms with Gasteiger partial charge in [-0.25, -0.2) is 0 Å². The Morgan fingerprint density at radius 1 is 1.42 bits per heavy atom. The molecule has 0 radical (unpaired) electrons. The molecular weight excluding hydrogens is 258 g/mol. The molecule has 19 heavy (non-hydrogen) atoms. The van der Waals surface area contributed by atoms with Gasteiger partial charge < -0.3 is 10.2 Å². The van der Waals surface area contributed by atoms with E-state index in [4.69, 9.17) is 11.6 Å². The zero-order valence-electron chi connectivity index (χ0n) is 12.1. The predicted octanol–water partition coefficient (Wildman–Crippen LogP) is 3.19. The van der Waals surface area contributed by atoms with Gasteiger partial charge >= 0.3 is 0 Å². The summed E-state index contributed by atoms with van der Waals surface area (Å²) < 4.78 is 0. The molecule has 0 atom stereocenters. The first-order chi connectivity index (χ1) is 9.17. The topological polar surface area (TPSA) is 27.6 Å². The number of nitrogens with zero attached hydrogens (tertiary/aromatic N) is 2. The number of halogens is 1. The molecule has 4 heteroatoms. The first-order valence-electron chi connectivity index (χ1n) is 6.83. The van der Waals surface area contributed by atoms with Crippen molar-refractivity contribution < 1.29 is 0 Å². The number of aliphatic imine (C=N–C) groups is 1. The SMILES string of the molecule is CCCCN(C)C(=NC)NCCc1cccc(Cl)c1. The van der Waals surface area contributed by atoms with E-state index in [2.05, 4.69) is 35.2 Å². The van der Waals surface area contributed by atoms with Crippen molar-refractivity contribution in [3.63, 3.8) is 0 Å². The van der Waals surface area contributed by atoms with E-state index in [1.165, 1.54) is 18.4 Å². The highest BCUT2D eigenvalue weighted by atomic mass is 35.5. The van der Waals surface area contributed by atoms with Gasteiger partial charge in [-0.05, 0) is 30.5 Å². The normalized spacial score (nSPS) is 11.5. The summed E-state index contributed by atoms with van der Waals surface area (Å²) in [6, 6.07) is 7.99. The van der Waals surface area contributed by atoms with Gasteiger partial charge in [0.1, 0.15) is 0 Å². The van der Waals surface area contributed by atoms with E-state index in [0.717, 1.165) is 30.5 Å². The predicted molar refractivity (Wildman–Crippen MR) is 84.1 cm³/mol. The maximum atomic E-state index is 5.97. The Hall–Kier alpha value is -1.22. The van der Waals surface area contributed by atoms with Gasteiger partial charge in [-0.1, -0.05) is 37.1 Å². The minimum Gasteiger partial charge on any atom is -0.356 e. The summed E-state index contributed by atoms with van der Waals surface area (Å²) in [7, 11) is 3.90. The molecule has 106 valence electrons. The Morgan fingerprint density at radius 3 is 2.84 bits per heavy atom. The lowest BCUT2D eigenvalue weighted by Crippen LogP contribution is -2.40. The van der Waals surface area contributed by atoms with E-state index in [0.29, 0.717) is 0 Å². The van der Waals surface area contributed by atoms with Gasteiger partial charge in [0.2, 0.25) is 0 Å². The van der Waals surface area contributed by atoms with Crippen LogP contribution in [-0.4, -0.2) is 38.0 Å². The van der Waals surface area contributed by atoms with Gasteiger partial charge in [0.05, 0.1) is 0 Å². The maximum absolute atomic E-state index is 5.97. The van der Waals surface area contributed by atoms with Crippen molar-refractivity contribution >= 4 is 17.6 Å². The molecule has 0 aromatic heterocycles. The Kier molecular flexibility index (Phi) is 7.34. The second-order valence-corrected chi connectivity index (χ2v) is 5.07. The van der Waals surface area contributed by atoms with Crippen molar-refractivity contribution in [1.82, 2.24) is 10.2 Å². The Balaban J connectivity index is 2.38. The molecule has 1 aromatic carbocycles. The molecule has 0 aliphatic heterocycles. The van der Waals surface area contributed by atoms with Crippen molar-refractivity contribution in [1.29, 1.82) is 0 Å². The lowest BCUT2D eigenvalue weighted by Gasteiger charge is -2.21. The Labute approximate surface area is 121 Å². The summed E-state index contributed by atoms with van der Waals surface area (Å²) in [6.07, 6.45) is 3.33. The molecule has 0 heterocycles. The fourth-order valence-electron chi connectivity index (χ4n) is 1.90. The summed E-state index contributed by atoms with van der Waals surface area (Å²) in [5.74, 6) is 0.954. The second kappa shape index (κ2) is 8.81. The fourth-order valence-corrected chi connectivity index (χ4v) is 2.11. The summed E-state index contributed by atoms with van der Waals surface area (Å²) >= 11 is 5.97. The van der Waals surface area contributed by atoms with E-state index in [1.807, 2.05) is 25.2 Å². The van der Waals surface area contributed by atoms with Crippen LogP contribution in [0.1, 0.15) is 25.3 Å².